The van der Waals surface area contributed by atoms with Gasteiger partial charge in [0.25, 0.3) is 0 Å². The van der Waals surface area contributed by atoms with Crippen LogP contribution in [0.5, 0.6) is 5.75 Å². The second-order valence-electron chi connectivity index (χ2n) is 8.67. The molecule has 0 unspecified atom stereocenters. The van der Waals surface area contributed by atoms with E-state index in [1.165, 1.54) is 18.4 Å². The van der Waals surface area contributed by atoms with Gasteiger partial charge in [-0.2, -0.15) is 5.10 Å². The molecule has 4 rings (SSSR count). The molecule has 1 fully saturated rings. The highest BCUT2D eigenvalue weighted by atomic mass is 16.5. The molecule has 0 bridgehead atoms. The number of rotatable bonds is 7. The number of methoxy groups -OCH3 is 1. The Morgan fingerprint density at radius 1 is 1.16 bits per heavy atom. The van der Waals surface area contributed by atoms with E-state index in [1.54, 1.807) is 7.11 Å². The SMILES string of the molecule is CCn1cc(CN2CCCC[C@@H]2c2nc(N(C)C)ncc2-c2ccc(OC)cc2)c(C)n1. The number of hydrogen-bond acceptors (Lipinski definition) is 6. The molecule has 0 saturated carbocycles. The van der Waals surface area contributed by atoms with E-state index in [1.807, 2.05) is 42.0 Å². The van der Waals surface area contributed by atoms with Crippen molar-refractivity contribution in [3.05, 3.63) is 53.6 Å². The minimum atomic E-state index is 0.243. The van der Waals surface area contributed by atoms with E-state index in [4.69, 9.17) is 9.72 Å². The molecule has 1 aliphatic heterocycles. The van der Waals surface area contributed by atoms with Gasteiger partial charge in [-0.05, 0) is 50.9 Å². The molecule has 7 heteroatoms. The van der Waals surface area contributed by atoms with Crippen molar-refractivity contribution in [3.63, 3.8) is 0 Å². The number of likely N-dealkylation sites (tertiary alicyclic amines) is 1. The second kappa shape index (κ2) is 9.69. The second-order valence-corrected chi connectivity index (χ2v) is 8.67. The molecule has 0 amide bonds. The van der Waals surface area contributed by atoms with Crippen molar-refractivity contribution < 1.29 is 4.74 Å². The van der Waals surface area contributed by atoms with Gasteiger partial charge in [0.1, 0.15) is 5.75 Å². The van der Waals surface area contributed by atoms with Gasteiger partial charge in [-0.15, -0.1) is 0 Å². The fourth-order valence-corrected chi connectivity index (χ4v) is 4.43. The normalized spacial score (nSPS) is 16.8. The fourth-order valence-electron chi connectivity index (χ4n) is 4.43. The zero-order valence-electron chi connectivity index (χ0n) is 19.9. The number of piperidine rings is 1. The zero-order chi connectivity index (χ0) is 22.7. The molecular formula is C25H34N6O. The number of anilines is 1. The zero-order valence-corrected chi connectivity index (χ0v) is 19.9. The summed E-state index contributed by atoms with van der Waals surface area (Å²) in [4.78, 5) is 14.3. The van der Waals surface area contributed by atoms with Crippen molar-refractivity contribution in [2.24, 2.45) is 0 Å². The first-order valence-corrected chi connectivity index (χ1v) is 11.5. The van der Waals surface area contributed by atoms with Gasteiger partial charge < -0.3 is 9.64 Å². The Kier molecular flexibility index (Phi) is 6.74. The summed E-state index contributed by atoms with van der Waals surface area (Å²) in [5.74, 6) is 1.60. The Morgan fingerprint density at radius 3 is 2.59 bits per heavy atom. The van der Waals surface area contributed by atoms with Crippen LogP contribution < -0.4 is 9.64 Å². The smallest absolute Gasteiger partial charge is 0.225 e. The number of hydrogen-bond donors (Lipinski definition) is 0. The van der Waals surface area contributed by atoms with Crippen molar-refractivity contribution in [2.45, 2.75) is 52.2 Å². The standard InChI is InChI=1S/C25H34N6O/c1-6-31-17-20(18(2)28-31)16-30-14-8-7-9-23(30)24-22(15-26-25(27-24)29(3)4)19-10-12-21(32-5)13-11-19/h10-13,15,17,23H,6-9,14,16H2,1-5H3/t23-/m1/s1. The van der Waals surface area contributed by atoms with E-state index in [-0.39, 0.29) is 6.04 Å². The lowest BCUT2D eigenvalue weighted by Crippen LogP contribution is -2.34. The van der Waals surface area contributed by atoms with E-state index < -0.39 is 0 Å². The van der Waals surface area contributed by atoms with Gasteiger partial charge in [-0.3, -0.25) is 9.58 Å². The summed E-state index contributed by atoms with van der Waals surface area (Å²) >= 11 is 0. The van der Waals surface area contributed by atoms with E-state index in [2.05, 4.69) is 47.2 Å². The molecule has 32 heavy (non-hydrogen) atoms. The van der Waals surface area contributed by atoms with Crippen LogP contribution >= 0.6 is 0 Å². The Morgan fingerprint density at radius 2 is 1.94 bits per heavy atom. The lowest BCUT2D eigenvalue weighted by molar-refractivity contribution is 0.137. The Balaban J connectivity index is 1.73. The molecule has 1 aliphatic rings. The van der Waals surface area contributed by atoms with Crippen LogP contribution in [0, 0.1) is 6.92 Å². The molecule has 3 heterocycles. The topological polar surface area (TPSA) is 59.3 Å². The van der Waals surface area contributed by atoms with Crippen molar-refractivity contribution >= 4 is 5.95 Å². The molecule has 170 valence electrons. The van der Waals surface area contributed by atoms with Gasteiger partial charge in [0, 0.05) is 50.7 Å². The summed E-state index contributed by atoms with van der Waals surface area (Å²) in [6.07, 6.45) is 7.68. The minimum absolute atomic E-state index is 0.243. The van der Waals surface area contributed by atoms with Gasteiger partial charge in [0.15, 0.2) is 0 Å². The van der Waals surface area contributed by atoms with Crippen molar-refractivity contribution in [1.82, 2.24) is 24.6 Å². The molecule has 0 aliphatic carbocycles. The molecule has 1 saturated heterocycles. The Bertz CT molecular complexity index is 1040. The summed E-state index contributed by atoms with van der Waals surface area (Å²) < 4.78 is 7.38. The van der Waals surface area contributed by atoms with Gasteiger partial charge in [-0.1, -0.05) is 18.6 Å². The predicted octanol–water partition coefficient (Wildman–Crippen LogP) is 4.47. The molecule has 2 aromatic heterocycles. The Labute approximate surface area is 191 Å². The van der Waals surface area contributed by atoms with Crippen LogP contribution in [0.3, 0.4) is 0 Å². The molecule has 1 atom stereocenters. The number of ether oxygens (including phenoxy) is 1. The summed E-state index contributed by atoms with van der Waals surface area (Å²) in [5.41, 5.74) is 5.73. The van der Waals surface area contributed by atoms with Crippen LogP contribution in [0.1, 0.15) is 49.2 Å². The summed E-state index contributed by atoms with van der Waals surface area (Å²) in [6.45, 7) is 7.08. The summed E-state index contributed by atoms with van der Waals surface area (Å²) in [6, 6.07) is 8.44. The molecule has 3 aromatic rings. The molecule has 1 aromatic carbocycles. The summed E-state index contributed by atoms with van der Waals surface area (Å²) in [5, 5.41) is 4.66. The maximum absolute atomic E-state index is 5.35. The van der Waals surface area contributed by atoms with Gasteiger partial charge in [0.05, 0.1) is 24.5 Å². The average molecular weight is 435 g/mol. The third-order valence-corrected chi connectivity index (χ3v) is 6.28. The molecule has 7 nitrogen and oxygen atoms in total. The van der Waals surface area contributed by atoms with E-state index >= 15 is 0 Å². The average Bonchev–Trinajstić information content (AvgIpc) is 3.18. The lowest BCUT2D eigenvalue weighted by atomic mass is 9.93. The van der Waals surface area contributed by atoms with Crippen molar-refractivity contribution in [1.29, 1.82) is 0 Å². The largest absolute Gasteiger partial charge is 0.497 e. The van der Waals surface area contributed by atoms with Crippen LogP contribution in [0.4, 0.5) is 5.95 Å². The van der Waals surface area contributed by atoms with Crippen LogP contribution in [0.25, 0.3) is 11.1 Å². The third-order valence-electron chi connectivity index (χ3n) is 6.28. The Hall–Kier alpha value is -2.93. The first kappa shape index (κ1) is 22.3. The highest BCUT2D eigenvalue weighted by Gasteiger charge is 2.29. The predicted molar refractivity (Wildman–Crippen MR) is 128 cm³/mol. The van der Waals surface area contributed by atoms with Gasteiger partial charge >= 0.3 is 0 Å². The third kappa shape index (κ3) is 4.63. The maximum atomic E-state index is 5.35. The minimum Gasteiger partial charge on any atom is -0.497 e. The van der Waals surface area contributed by atoms with E-state index in [9.17, 15) is 0 Å². The van der Waals surface area contributed by atoms with Gasteiger partial charge in [-0.25, -0.2) is 9.97 Å². The first-order chi connectivity index (χ1) is 15.5. The van der Waals surface area contributed by atoms with Crippen molar-refractivity contribution in [3.8, 4) is 16.9 Å². The van der Waals surface area contributed by atoms with E-state index in [0.29, 0.717) is 0 Å². The quantitative estimate of drug-likeness (QED) is 0.547. The highest BCUT2D eigenvalue weighted by Crippen LogP contribution is 2.37. The lowest BCUT2D eigenvalue weighted by Gasteiger charge is -2.36. The number of aromatic nitrogens is 4. The number of aryl methyl sites for hydroxylation is 2. The molecular weight excluding hydrogens is 400 g/mol. The number of nitrogens with zero attached hydrogens (tertiary/aromatic N) is 6. The maximum Gasteiger partial charge on any atom is 0.225 e. The highest BCUT2D eigenvalue weighted by molar-refractivity contribution is 5.67. The van der Waals surface area contributed by atoms with Crippen LogP contribution in [-0.2, 0) is 13.1 Å². The monoisotopic (exact) mass is 434 g/mol. The number of benzene rings is 1. The molecule has 0 N–H and O–H groups in total. The van der Waals surface area contributed by atoms with Crippen LogP contribution in [-0.4, -0.2) is 52.4 Å². The first-order valence-electron chi connectivity index (χ1n) is 11.5. The molecule has 0 spiro atoms. The van der Waals surface area contributed by atoms with Crippen molar-refractivity contribution in [2.75, 3.05) is 32.6 Å². The van der Waals surface area contributed by atoms with Crippen LogP contribution in [0.15, 0.2) is 36.7 Å². The molecule has 0 radical (unpaired) electrons. The fraction of sp³-hybridized carbons (Fsp3) is 0.480. The van der Waals surface area contributed by atoms with Gasteiger partial charge in [0.2, 0.25) is 5.95 Å². The van der Waals surface area contributed by atoms with E-state index in [0.717, 1.165) is 60.3 Å². The van der Waals surface area contributed by atoms with Crippen LogP contribution in [0.2, 0.25) is 0 Å². The summed E-state index contributed by atoms with van der Waals surface area (Å²) in [7, 11) is 5.68.